The molecule has 2 aliphatic rings. The number of carbonyl (C=O) groups excluding carboxylic acids is 1. The molecular formula is C27H28FN3O2. The second kappa shape index (κ2) is 9.24. The summed E-state index contributed by atoms with van der Waals surface area (Å²) in [6.45, 7) is 3.80. The van der Waals surface area contributed by atoms with Crippen molar-refractivity contribution in [2.45, 2.75) is 6.04 Å². The zero-order valence-electron chi connectivity index (χ0n) is 18.7. The fourth-order valence-corrected chi connectivity index (χ4v) is 4.94. The van der Waals surface area contributed by atoms with Crippen molar-refractivity contribution in [3.63, 3.8) is 0 Å². The average Bonchev–Trinajstić information content (AvgIpc) is 2.87. The molecule has 0 bridgehead atoms. The molecule has 5 nitrogen and oxygen atoms in total. The van der Waals surface area contributed by atoms with E-state index in [-0.39, 0.29) is 23.7 Å². The fraction of sp³-hybridized carbons (Fsp3) is 0.296. The molecule has 1 amide bonds. The van der Waals surface area contributed by atoms with Crippen molar-refractivity contribution in [2.75, 3.05) is 49.6 Å². The molecular weight excluding hydrogens is 417 g/mol. The van der Waals surface area contributed by atoms with Crippen molar-refractivity contribution in [1.82, 2.24) is 4.90 Å². The van der Waals surface area contributed by atoms with Crippen LogP contribution < -0.4 is 14.5 Å². The van der Waals surface area contributed by atoms with E-state index in [0.717, 1.165) is 43.2 Å². The maximum atomic E-state index is 14.2. The van der Waals surface area contributed by atoms with Crippen LogP contribution in [0.25, 0.3) is 0 Å². The zero-order valence-corrected chi connectivity index (χ0v) is 18.7. The molecule has 0 spiro atoms. The van der Waals surface area contributed by atoms with Crippen molar-refractivity contribution in [3.05, 3.63) is 90.2 Å². The molecule has 3 aromatic carbocycles. The predicted molar refractivity (Wildman–Crippen MR) is 128 cm³/mol. The van der Waals surface area contributed by atoms with Gasteiger partial charge in [-0.15, -0.1) is 0 Å². The molecule has 0 N–H and O–H groups in total. The lowest BCUT2D eigenvalue weighted by atomic mass is 9.81. The lowest BCUT2D eigenvalue weighted by Crippen LogP contribution is -2.60. The highest BCUT2D eigenvalue weighted by atomic mass is 19.1. The smallest absolute Gasteiger partial charge is 0.234 e. The van der Waals surface area contributed by atoms with Gasteiger partial charge in [0.1, 0.15) is 11.6 Å². The number of hydrogen-bond donors (Lipinski definition) is 0. The molecule has 2 heterocycles. The highest BCUT2D eigenvalue weighted by Gasteiger charge is 2.49. The lowest BCUT2D eigenvalue weighted by molar-refractivity contribution is -0.131. The van der Waals surface area contributed by atoms with E-state index in [9.17, 15) is 9.18 Å². The highest BCUT2D eigenvalue weighted by molar-refractivity contribution is 6.03. The van der Waals surface area contributed by atoms with Gasteiger partial charge < -0.3 is 14.5 Å². The number of ether oxygens (including phenoxy) is 1. The first-order chi connectivity index (χ1) is 16.2. The molecule has 33 heavy (non-hydrogen) atoms. The van der Waals surface area contributed by atoms with Gasteiger partial charge in [0.05, 0.1) is 24.8 Å². The number of benzene rings is 3. The molecule has 5 rings (SSSR count). The van der Waals surface area contributed by atoms with Crippen molar-refractivity contribution in [3.8, 4) is 5.75 Å². The first-order valence-corrected chi connectivity index (χ1v) is 11.4. The average molecular weight is 446 g/mol. The predicted octanol–water partition coefficient (Wildman–Crippen LogP) is 4.36. The summed E-state index contributed by atoms with van der Waals surface area (Å²) in [5.41, 5.74) is 2.68. The van der Waals surface area contributed by atoms with Gasteiger partial charge >= 0.3 is 0 Å². The quantitative estimate of drug-likeness (QED) is 0.528. The molecule has 0 unspecified atom stereocenters. The van der Waals surface area contributed by atoms with E-state index in [1.807, 2.05) is 59.5 Å². The summed E-state index contributed by atoms with van der Waals surface area (Å²) in [5, 5.41) is 0. The summed E-state index contributed by atoms with van der Waals surface area (Å²) in [6.07, 6.45) is 0. The van der Waals surface area contributed by atoms with Gasteiger partial charge in [0, 0.05) is 38.4 Å². The standard InChI is InChI=1S/C27H28FN3O2/c1-33-22-13-11-20(12-14-22)26-23(27(32)31(26)21-7-3-2-4-8-21)19-29-15-17-30(18-16-29)25-10-6-5-9-24(25)28/h2-14,23,26H,15-19H2,1H3/t23-,26+/m0/s1. The third kappa shape index (κ3) is 4.18. The topological polar surface area (TPSA) is 36.0 Å². The molecule has 0 aromatic heterocycles. The van der Waals surface area contributed by atoms with Gasteiger partial charge in [-0.25, -0.2) is 4.39 Å². The van der Waals surface area contributed by atoms with Crippen LogP contribution in [-0.4, -0.2) is 50.6 Å². The SMILES string of the molecule is COc1ccc([C@@H]2[C@H](CN3CCN(c4ccccc4F)CC3)C(=O)N2c2ccccc2)cc1. The Morgan fingerprint density at radius 3 is 2.21 bits per heavy atom. The van der Waals surface area contributed by atoms with Crippen LogP contribution in [0.4, 0.5) is 15.8 Å². The van der Waals surface area contributed by atoms with Crippen LogP contribution >= 0.6 is 0 Å². The Labute approximate surface area is 194 Å². The molecule has 2 atom stereocenters. The number of piperazine rings is 1. The van der Waals surface area contributed by atoms with Gasteiger partial charge in [-0.2, -0.15) is 0 Å². The molecule has 0 aliphatic carbocycles. The second-order valence-electron chi connectivity index (χ2n) is 8.61. The number of nitrogens with zero attached hydrogens (tertiary/aromatic N) is 3. The number of halogens is 1. The minimum atomic E-state index is -0.182. The Balaban J connectivity index is 1.31. The number of rotatable bonds is 6. The van der Waals surface area contributed by atoms with Crippen LogP contribution in [0.15, 0.2) is 78.9 Å². The summed E-state index contributed by atoms with van der Waals surface area (Å²) in [5.74, 6) is 0.659. The van der Waals surface area contributed by atoms with E-state index >= 15 is 0 Å². The molecule has 170 valence electrons. The minimum Gasteiger partial charge on any atom is -0.497 e. The number of carbonyl (C=O) groups is 1. The molecule has 0 saturated carbocycles. The first kappa shape index (κ1) is 21.5. The summed E-state index contributed by atoms with van der Waals surface area (Å²) in [4.78, 5) is 19.6. The second-order valence-corrected chi connectivity index (χ2v) is 8.61. The Hall–Kier alpha value is -3.38. The lowest BCUT2D eigenvalue weighted by Gasteiger charge is -2.49. The van der Waals surface area contributed by atoms with Gasteiger partial charge in [0.2, 0.25) is 5.91 Å². The first-order valence-electron chi connectivity index (χ1n) is 11.4. The van der Waals surface area contributed by atoms with E-state index in [1.165, 1.54) is 6.07 Å². The monoisotopic (exact) mass is 445 g/mol. The molecule has 6 heteroatoms. The van der Waals surface area contributed by atoms with Gasteiger partial charge in [-0.3, -0.25) is 9.69 Å². The number of para-hydroxylation sites is 2. The third-order valence-electron chi connectivity index (χ3n) is 6.73. The molecule has 2 saturated heterocycles. The maximum Gasteiger partial charge on any atom is 0.234 e. The van der Waals surface area contributed by atoms with E-state index in [0.29, 0.717) is 12.2 Å². The number of methoxy groups -OCH3 is 1. The zero-order chi connectivity index (χ0) is 22.8. The Morgan fingerprint density at radius 1 is 0.879 bits per heavy atom. The van der Waals surface area contributed by atoms with Gasteiger partial charge in [0.15, 0.2) is 0 Å². The minimum absolute atomic E-state index is 0.0181. The number of β-lactam (4-membered cyclic amide) rings is 1. The summed E-state index contributed by atoms with van der Waals surface area (Å²) >= 11 is 0. The van der Waals surface area contributed by atoms with Gasteiger partial charge in [-0.1, -0.05) is 42.5 Å². The van der Waals surface area contributed by atoms with Crippen molar-refractivity contribution < 1.29 is 13.9 Å². The molecule has 2 aliphatic heterocycles. The van der Waals surface area contributed by atoms with Crippen molar-refractivity contribution in [1.29, 1.82) is 0 Å². The van der Waals surface area contributed by atoms with Crippen molar-refractivity contribution >= 4 is 17.3 Å². The van der Waals surface area contributed by atoms with Crippen LogP contribution in [0, 0.1) is 11.7 Å². The Morgan fingerprint density at radius 2 is 1.55 bits per heavy atom. The van der Waals surface area contributed by atoms with Crippen LogP contribution in [0.2, 0.25) is 0 Å². The number of anilines is 2. The van der Waals surface area contributed by atoms with Gasteiger partial charge in [-0.05, 0) is 42.0 Å². The number of hydrogen-bond acceptors (Lipinski definition) is 4. The normalized spacial score (nSPS) is 21.1. The molecule has 0 radical (unpaired) electrons. The summed E-state index contributed by atoms with van der Waals surface area (Å²) < 4.78 is 19.5. The van der Waals surface area contributed by atoms with Crippen LogP contribution in [0.3, 0.4) is 0 Å². The summed E-state index contributed by atoms with van der Waals surface area (Å²) in [6, 6.07) is 24.8. The summed E-state index contributed by atoms with van der Waals surface area (Å²) in [7, 11) is 1.65. The van der Waals surface area contributed by atoms with Gasteiger partial charge in [0.25, 0.3) is 0 Å². The number of amides is 1. The molecule has 3 aromatic rings. The third-order valence-corrected chi connectivity index (χ3v) is 6.73. The fourth-order valence-electron chi connectivity index (χ4n) is 4.94. The van der Waals surface area contributed by atoms with Crippen LogP contribution in [0.1, 0.15) is 11.6 Å². The Bertz CT molecular complexity index is 1100. The highest BCUT2D eigenvalue weighted by Crippen LogP contribution is 2.44. The van der Waals surface area contributed by atoms with E-state index in [2.05, 4.69) is 21.9 Å². The van der Waals surface area contributed by atoms with E-state index in [4.69, 9.17) is 4.74 Å². The Kier molecular flexibility index (Phi) is 6.01. The van der Waals surface area contributed by atoms with Crippen LogP contribution in [0.5, 0.6) is 5.75 Å². The van der Waals surface area contributed by atoms with E-state index < -0.39 is 0 Å². The van der Waals surface area contributed by atoms with E-state index in [1.54, 1.807) is 13.2 Å². The van der Waals surface area contributed by atoms with Crippen molar-refractivity contribution in [2.24, 2.45) is 5.92 Å². The molecule has 2 fully saturated rings. The maximum absolute atomic E-state index is 14.2. The largest absolute Gasteiger partial charge is 0.497 e. The van der Waals surface area contributed by atoms with Crippen LogP contribution in [-0.2, 0) is 4.79 Å².